The summed E-state index contributed by atoms with van der Waals surface area (Å²) in [5.74, 6) is 1.16. The highest BCUT2D eigenvalue weighted by molar-refractivity contribution is 5.74. The Balaban J connectivity index is 1.78. The van der Waals surface area contributed by atoms with Gasteiger partial charge in [-0.2, -0.15) is 0 Å². The van der Waals surface area contributed by atoms with Crippen molar-refractivity contribution < 1.29 is 9.53 Å². The molecule has 1 amide bonds. The summed E-state index contributed by atoms with van der Waals surface area (Å²) in [6.45, 7) is 8.68. The standard InChI is InChI=1S/C19H29N3O2/c1-13-11-20-16(14(2)19(13)24-4)12-21-9-5-7-17(21)18-8-6-10-22(18)15(3)23/h11,17-18H,5-10,12H2,1-4H3/t17-,18+/m1/s1. The summed E-state index contributed by atoms with van der Waals surface area (Å²) in [7, 11) is 1.72. The minimum Gasteiger partial charge on any atom is -0.496 e. The highest BCUT2D eigenvalue weighted by Gasteiger charge is 2.38. The quantitative estimate of drug-likeness (QED) is 0.851. The molecule has 0 radical (unpaired) electrons. The number of nitrogens with zero attached hydrogens (tertiary/aromatic N) is 3. The monoisotopic (exact) mass is 331 g/mol. The van der Waals surface area contributed by atoms with Crippen molar-refractivity contribution in [2.75, 3.05) is 20.2 Å². The Morgan fingerprint density at radius 2 is 1.96 bits per heavy atom. The van der Waals surface area contributed by atoms with Crippen molar-refractivity contribution in [3.63, 3.8) is 0 Å². The predicted octanol–water partition coefficient (Wildman–Crippen LogP) is 2.68. The van der Waals surface area contributed by atoms with Gasteiger partial charge in [-0.05, 0) is 46.1 Å². The second kappa shape index (κ2) is 7.09. The summed E-state index contributed by atoms with van der Waals surface area (Å²) in [5, 5.41) is 0. The zero-order valence-electron chi connectivity index (χ0n) is 15.3. The lowest BCUT2D eigenvalue weighted by Gasteiger charge is -2.34. The lowest BCUT2D eigenvalue weighted by molar-refractivity contribution is -0.130. The van der Waals surface area contributed by atoms with Gasteiger partial charge in [0, 0.05) is 49.4 Å². The van der Waals surface area contributed by atoms with Crippen molar-refractivity contribution in [3.05, 3.63) is 23.0 Å². The number of rotatable bonds is 4. The number of hydrogen-bond donors (Lipinski definition) is 0. The zero-order chi connectivity index (χ0) is 17.3. The molecule has 5 heteroatoms. The van der Waals surface area contributed by atoms with Crippen LogP contribution >= 0.6 is 0 Å². The molecule has 0 saturated carbocycles. The number of carbonyl (C=O) groups excluding carboxylic acids is 1. The van der Waals surface area contributed by atoms with E-state index in [2.05, 4.69) is 21.7 Å². The van der Waals surface area contributed by atoms with Crippen LogP contribution in [0.3, 0.4) is 0 Å². The van der Waals surface area contributed by atoms with E-state index < -0.39 is 0 Å². The highest BCUT2D eigenvalue weighted by Crippen LogP contribution is 2.32. The second-order valence-corrected chi connectivity index (χ2v) is 7.15. The maximum Gasteiger partial charge on any atom is 0.219 e. The molecular weight excluding hydrogens is 302 g/mol. The third kappa shape index (κ3) is 3.14. The normalized spacial score (nSPS) is 24.6. The van der Waals surface area contributed by atoms with Crippen molar-refractivity contribution >= 4 is 5.91 Å². The lowest BCUT2D eigenvalue weighted by Crippen LogP contribution is -2.47. The van der Waals surface area contributed by atoms with E-state index in [9.17, 15) is 4.79 Å². The van der Waals surface area contributed by atoms with Gasteiger partial charge < -0.3 is 9.64 Å². The number of methoxy groups -OCH3 is 1. The SMILES string of the molecule is COc1c(C)cnc(CN2CCC[C@@H]2[C@@H]2CCCN2C(C)=O)c1C. The van der Waals surface area contributed by atoms with E-state index in [4.69, 9.17) is 4.74 Å². The molecule has 1 aromatic heterocycles. The van der Waals surface area contributed by atoms with Gasteiger partial charge in [0.2, 0.25) is 5.91 Å². The first-order valence-corrected chi connectivity index (χ1v) is 9.03. The number of hydrogen-bond acceptors (Lipinski definition) is 4. The fraction of sp³-hybridized carbons (Fsp3) is 0.684. The first-order valence-electron chi connectivity index (χ1n) is 9.03. The number of pyridine rings is 1. The Bertz CT molecular complexity index is 617. The molecular formula is C19H29N3O2. The first-order chi connectivity index (χ1) is 11.5. The van der Waals surface area contributed by atoms with Crippen molar-refractivity contribution in [2.24, 2.45) is 0 Å². The highest BCUT2D eigenvalue weighted by atomic mass is 16.5. The van der Waals surface area contributed by atoms with E-state index in [0.717, 1.165) is 55.0 Å². The number of amides is 1. The molecule has 0 spiro atoms. The Labute approximate surface area is 145 Å². The van der Waals surface area contributed by atoms with Gasteiger partial charge in [-0.1, -0.05) is 0 Å². The summed E-state index contributed by atoms with van der Waals surface area (Å²) in [6, 6.07) is 0.836. The van der Waals surface area contributed by atoms with Crippen LogP contribution in [0.5, 0.6) is 5.75 Å². The lowest BCUT2D eigenvalue weighted by atomic mass is 10.0. The largest absolute Gasteiger partial charge is 0.496 e. The van der Waals surface area contributed by atoms with Crippen LogP contribution in [0.2, 0.25) is 0 Å². The summed E-state index contributed by atoms with van der Waals surface area (Å²) in [4.78, 5) is 21.2. The molecule has 2 atom stereocenters. The maximum absolute atomic E-state index is 11.9. The Morgan fingerprint density at radius 1 is 1.25 bits per heavy atom. The van der Waals surface area contributed by atoms with Crippen LogP contribution in [-0.4, -0.2) is 53.0 Å². The Morgan fingerprint density at radius 3 is 2.67 bits per heavy atom. The minimum absolute atomic E-state index is 0.218. The van der Waals surface area contributed by atoms with E-state index >= 15 is 0 Å². The molecule has 3 heterocycles. The molecule has 3 rings (SSSR count). The molecule has 1 aromatic rings. The van der Waals surface area contributed by atoms with Gasteiger partial charge in [0.15, 0.2) is 0 Å². The molecule has 0 aliphatic carbocycles. The molecule has 0 bridgehead atoms. The average Bonchev–Trinajstić information content (AvgIpc) is 3.19. The van der Waals surface area contributed by atoms with Crippen LogP contribution in [-0.2, 0) is 11.3 Å². The molecule has 132 valence electrons. The molecule has 2 aliphatic rings. The zero-order valence-corrected chi connectivity index (χ0v) is 15.3. The molecule has 0 N–H and O–H groups in total. The van der Waals surface area contributed by atoms with Gasteiger partial charge >= 0.3 is 0 Å². The van der Waals surface area contributed by atoms with Gasteiger partial charge in [0.25, 0.3) is 0 Å². The van der Waals surface area contributed by atoms with Crippen molar-refractivity contribution in [1.82, 2.24) is 14.8 Å². The predicted molar refractivity (Wildman–Crippen MR) is 94.1 cm³/mol. The third-order valence-corrected chi connectivity index (χ3v) is 5.66. The Hall–Kier alpha value is -1.62. The molecule has 2 saturated heterocycles. The third-order valence-electron chi connectivity index (χ3n) is 5.66. The van der Waals surface area contributed by atoms with Gasteiger partial charge in [-0.15, -0.1) is 0 Å². The topological polar surface area (TPSA) is 45.7 Å². The average molecular weight is 331 g/mol. The number of carbonyl (C=O) groups is 1. The fourth-order valence-corrected chi connectivity index (χ4v) is 4.49. The van der Waals surface area contributed by atoms with E-state index in [-0.39, 0.29) is 5.91 Å². The molecule has 0 unspecified atom stereocenters. The van der Waals surface area contributed by atoms with Gasteiger partial charge in [0.05, 0.1) is 12.8 Å². The fourth-order valence-electron chi connectivity index (χ4n) is 4.49. The van der Waals surface area contributed by atoms with Gasteiger partial charge in [-0.25, -0.2) is 0 Å². The van der Waals surface area contributed by atoms with Crippen LogP contribution in [0.4, 0.5) is 0 Å². The van der Waals surface area contributed by atoms with Gasteiger partial charge in [0.1, 0.15) is 5.75 Å². The van der Waals surface area contributed by atoms with Crippen LogP contribution in [0.25, 0.3) is 0 Å². The second-order valence-electron chi connectivity index (χ2n) is 7.15. The summed E-state index contributed by atoms with van der Waals surface area (Å²) in [5.41, 5.74) is 3.31. The smallest absolute Gasteiger partial charge is 0.219 e. The van der Waals surface area contributed by atoms with Crippen LogP contribution in [0, 0.1) is 13.8 Å². The minimum atomic E-state index is 0.218. The van der Waals surface area contributed by atoms with Crippen molar-refractivity contribution in [1.29, 1.82) is 0 Å². The molecule has 2 aliphatic heterocycles. The van der Waals surface area contributed by atoms with Crippen molar-refractivity contribution in [2.45, 2.75) is 65.1 Å². The molecule has 5 nitrogen and oxygen atoms in total. The summed E-state index contributed by atoms with van der Waals surface area (Å²) < 4.78 is 5.54. The summed E-state index contributed by atoms with van der Waals surface area (Å²) >= 11 is 0. The Kier molecular flexibility index (Phi) is 5.09. The molecule has 24 heavy (non-hydrogen) atoms. The van der Waals surface area contributed by atoms with Crippen molar-refractivity contribution in [3.8, 4) is 5.75 Å². The van der Waals surface area contributed by atoms with Crippen LogP contribution in [0.15, 0.2) is 6.20 Å². The first kappa shape index (κ1) is 17.2. The maximum atomic E-state index is 11.9. The number of aryl methyl sites for hydroxylation is 1. The van der Waals surface area contributed by atoms with E-state index in [1.165, 1.54) is 12.8 Å². The van der Waals surface area contributed by atoms with E-state index in [1.807, 2.05) is 13.1 Å². The van der Waals surface area contributed by atoms with Crippen LogP contribution in [0.1, 0.15) is 49.4 Å². The van der Waals surface area contributed by atoms with Gasteiger partial charge in [-0.3, -0.25) is 14.7 Å². The van der Waals surface area contributed by atoms with E-state index in [0.29, 0.717) is 12.1 Å². The number of likely N-dealkylation sites (tertiary alicyclic amines) is 2. The number of aromatic nitrogens is 1. The molecule has 0 aromatic carbocycles. The summed E-state index contributed by atoms with van der Waals surface area (Å²) in [6.07, 6.45) is 6.55. The molecule has 2 fully saturated rings. The van der Waals surface area contributed by atoms with Crippen LogP contribution < -0.4 is 4.74 Å². The number of ether oxygens (including phenoxy) is 1. The van der Waals surface area contributed by atoms with E-state index in [1.54, 1.807) is 14.0 Å².